The molecular formula is C31H29F3N6O4. The van der Waals surface area contributed by atoms with Gasteiger partial charge in [-0.2, -0.15) is 18.3 Å². The van der Waals surface area contributed by atoms with Gasteiger partial charge in [0, 0.05) is 48.5 Å². The molecule has 0 radical (unpaired) electrons. The summed E-state index contributed by atoms with van der Waals surface area (Å²) in [6.45, 7) is 4.17. The fourth-order valence-electron chi connectivity index (χ4n) is 5.39. The van der Waals surface area contributed by atoms with Crippen LogP contribution in [0.25, 0.3) is 22.0 Å². The first-order valence-corrected chi connectivity index (χ1v) is 14.0. The van der Waals surface area contributed by atoms with Crippen molar-refractivity contribution in [1.29, 1.82) is 0 Å². The van der Waals surface area contributed by atoms with Gasteiger partial charge < -0.3 is 20.3 Å². The lowest BCUT2D eigenvalue weighted by Crippen LogP contribution is -2.55. The SMILES string of the molecule is NC(=O)c1ccc(N2N=C(c3cccnc3)CC2(O)C(F)(F)F)nc1-c1ccc(OCCN2CCOCC2)c2ccccc12. The number of hydrogen-bond donors (Lipinski definition) is 2. The first-order valence-electron chi connectivity index (χ1n) is 14.0. The van der Waals surface area contributed by atoms with E-state index in [0.717, 1.165) is 18.5 Å². The van der Waals surface area contributed by atoms with E-state index in [0.29, 0.717) is 53.6 Å². The summed E-state index contributed by atoms with van der Waals surface area (Å²) >= 11 is 0. The van der Waals surface area contributed by atoms with Crippen molar-refractivity contribution in [3.63, 3.8) is 0 Å². The molecule has 44 heavy (non-hydrogen) atoms. The van der Waals surface area contributed by atoms with E-state index in [2.05, 4.69) is 20.0 Å². The Bertz CT molecular complexity index is 1710. The number of hydrazone groups is 1. The van der Waals surface area contributed by atoms with Gasteiger partial charge in [-0.3, -0.25) is 14.7 Å². The van der Waals surface area contributed by atoms with Crippen LogP contribution < -0.4 is 15.5 Å². The number of aliphatic hydroxyl groups is 1. The molecule has 2 aliphatic heterocycles. The Balaban J connectivity index is 1.41. The number of carbonyl (C=O) groups is 1. The van der Waals surface area contributed by atoms with Gasteiger partial charge in [0.25, 0.3) is 11.6 Å². The monoisotopic (exact) mass is 606 g/mol. The van der Waals surface area contributed by atoms with Crippen LogP contribution in [0.2, 0.25) is 0 Å². The summed E-state index contributed by atoms with van der Waals surface area (Å²) in [5, 5.41) is 17.0. The third-order valence-corrected chi connectivity index (χ3v) is 7.70. The van der Waals surface area contributed by atoms with Crippen molar-refractivity contribution in [2.45, 2.75) is 18.3 Å². The second-order valence-electron chi connectivity index (χ2n) is 10.5. The summed E-state index contributed by atoms with van der Waals surface area (Å²) in [7, 11) is 0. The second kappa shape index (κ2) is 11.8. The normalized spacial score (nSPS) is 19.3. The van der Waals surface area contributed by atoms with Crippen LogP contribution in [0.5, 0.6) is 5.75 Å². The molecule has 228 valence electrons. The van der Waals surface area contributed by atoms with E-state index < -0.39 is 24.2 Å². The van der Waals surface area contributed by atoms with Crippen LogP contribution >= 0.6 is 0 Å². The Hall–Kier alpha value is -4.59. The maximum Gasteiger partial charge on any atom is 0.438 e. The third kappa shape index (κ3) is 5.56. The molecule has 2 aromatic heterocycles. The summed E-state index contributed by atoms with van der Waals surface area (Å²) in [6, 6.07) is 16.3. The standard InChI is InChI=1S/C31H29F3N6O4/c32-31(33,34)30(42)18-25(20-4-3-11-36-19-20)38-40(30)27-10-8-24(29(35)41)28(37-27)23-7-9-26(22-6-2-1-5-21(22)23)44-17-14-39-12-15-43-16-13-39/h1-11,19,42H,12-18H2,(H2,35,41). The van der Waals surface area contributed by atoms with Crippen LogP contribution in [-0.2, 0) is 4.74 Å². The molecule has 1 saturated heterocycles. The van der Waals surface area contributed by atoms with Gasteiger partial charge in [0.05, 0.1) is 36.6 Å². The lowest BCUT2D eigenvalue weighted by molar-refractivity contribution is -0.254. The first kappa shape index (κ1) is 29.5. The number of hydrogen-bond acceptors (Lipinski definition) is 9. The highest BCUT2D eigenvalue weighted by molar-refractivity contribution is 6.06. The van der Waals surface area contributed by atoms with E-state index >= 15 is 0 Å². The number of anilines is 1. The van der Waals surface area contributed by atoms with Crippen LogP contribution in [0.3, 0.4) is 0 Å². The molecule has 1 fully saturated rings. The second-order valence-corrected chi connectivity index (χ2v) is 10.5. The average molecular weight is 607 g/mol. The fraction of sp³-hybridized carbons (Fsp3) is 0.290. The van der Waals surface area contributed by atoms with E-state index in [-0.39, 0.29) is 22.8 Å². The maximum atomic E-state index is 14.4. The van der Waals surface area contributed by atoms with Gasteiger partial charge in [-0.05, 0) is 35.7 Å². The Labute approximate surface area is 250 Å². The van der Waals surface area contributed by atoms with E-state index in [1.165, 1.54) is 24.5 Å². The summed E-state index contributed by atoms with van der Waals surface area (Å²) in [5.41, 5.74) is 3.08. The van der Waals surface area contributed by atoms with Crippen molar-refractivity contribution in [3.8, 4) is 17.0 Å². The number of carbonyl (C=O) groups excluding carboxylic acids is 1. The maximum absolute atomic E-state index is 14.4. The predicted octanol–water partition coefficient (Wildman–Crippen LogP) is 3.97. The highest BCUT2D eigenvalue weighted by Crippen LogP contribution is 2.44. The fourth-order valence-corrected chi connectivity index (χ4v) is 5.39. The quantitative estimate of drug-likeness (QED) is 0.309. The van der Waals surface area contributed by atoms with Crippen LogP contribution in [0, 0.1) is 0 Å². The minimum Gasteiger partial charge on any atom is -0.492 e. The molecule has 13 heteroatoms. The van der Waals surface area contributed by atoms with Crippen LogP contribution in [0.1, 0.15) is 22.3 Å². The van der Waals surface area contributed by atoms with Crippen molar-refractivity contribution in [2.75, 3.05) is 44.5 Å². The summed E-state index contributed by atoms with van der Waals surface area (Å²) in [6.07, 6.45) is -3.10. The van der Waals surface area contributed by atoms with Crippen LogP contribution in [0.15, 0.2) is 78.2 Å². The van der Waals surface area contributed by atoms with Gasteiger partial charge in [0.1, 0.15) is 12.4 Å². The molecule has 1 unspecified atom stereocenters. The topological polar surface area (TPSA) is 126 Å². The number of halogens is 3. The number of fused-ring (bicyclic) bond motifs is 1. The molecule has 3 N–H and O–H groups in total. The van der Waals surface area contributed by atoms with Crippen molar-refractivity contribution in [3.05, 3.63) is 84.2 Å². The minimum atomic E-state index is -5.10. The molecule has 1 amide bonds. The molecule has 10 nitrogen and oxygen atoms in total. The van der Waals surface area contributed by atoms with E-state index in [1.54, 1.807) is 36.4 Å². The van der Waals surface area contributed by atoms with Crippen molar-refractivity contribution >= 4 is 28.2 Å². The summed E-state index contributed by atoms with van der Waals surface area (Å²) in [4.78, 5) is 23.2. The number of aromatic nitrogens is 2. The number of alkyl halides is 3. The lowest BCUT2D eigenvalue weighted by Gasteiger charge is -2.33. The van der Waals surface area contributed by atoms with E-state index in [4.69, 9.17) is 15.2 Å². The Kier molecular flexibility index (Phi) is 7.93. The highest BCUT2D eigenvalue weighted by Gasteiger charge is 2.62. The molecule has 0 saturated carbocycles. The third-order valence-electron chi connectivity index (χ3n) is 7.70. The lowest BCUT2D eigenvalue weighted by atomic mass is 9.97. The molecule has 2 aliphatic rings. The van der Waals surface area contributed by atoms with E-state index in [9.17, 15) is 23.1 Å². The van der Waals surface area contributed by atoms with Crippen molar-refractivity contribution < 1.29 is 32.5 Å². The van der Waals surface area contributed by atoms with Gasteiger partial charge >= 0.3 is 6.18 Å². The number of pyridine rings is 2. The number of rotatable bonds is 8. The zero-order valence-electron chi connectivity index (χ0n) is 23.5. The molecule has 0 bridgehead atoms. The number of nitrogens with zero attached hydrogens (tertiary/aromatic N) is 5. The number of ether oxygens (including phenoxy) is 2. The minimum absolute atomic E-state index is 0.00824. The van der Waals surface area contributed by atoms with Gasteiger partial charge in [-0.1, -0.05) is 30.3 Å². The Morgan fingerprint density at radius 2 is 1.82 bits per heavy atom. The number of morpholine rings is 1. The van der Waals surface area contributed by atoms with Crippen LogP contribution in [-0.4, -0.2) is 82.9 Å². The Morgan fingerprint density at radius 3 is 2.52 bits per heavy atom. The molecule has 2 aromatic carbocycles. The largest absolute Gasteiger partial charge is 0.492 e. The number of amides is 1. The molecule has 0 spiro atoms. The molecular weight excluding hydrogens is 577 g/mol. The van der Waals surface area contributed by atoms with Gasteiger partial charge in [-0.15, -0.1) is 0 Å². The first-order chi connectivity index (χ1) is 21.2. The number of nitrogens with two attached hydrogens (primary N) is 1. The summed E-state index contributed by atoms with van der Waals surface area (Å²) in [5.74, 6) is -0.536. The van der Waals surface area contributed by atoms with Crippen LogP contribution in [0.4, 0.5) is 19.0 Å². The zero-order chi connectivity index (χ0) is 30.9. The predicted molar refractivity (Wildman–Crippen MR) is 157 cm³/mol. The Morgan fingerprint density at radius 1 is 1.05 bits per heavy atom. The highest BCUT2D eigenvalue weighted by atomic mass is 19.4. The van der Waals surface area contributed by atoms with E-state index in [1.807, 2.05) is 12.1 Å². The molecule has 1 atom stereocenters. The number of benzene rings is 2. The molecule has 4 heterocycles. The van der Waals surface area contributed by atoms with Gasteiger partial charge in [0.15, 0.2) is 5.82 Å². The zero-order valence-corrected chi connectivity index (χ0v) is 23.5. The molecule has 0 aliphatic carbocycles. The average Bonchev–Trinajstić information content (AvgIpc) is 3.40. The number of primary amides is 1. The molecule has 6 rings (SSSR count). The van der Waals surface area contributed by atoms with Crippen molar-refractivity contribution in [1.82, 2.24) is 14.9 Å². The van der Waals surface area contributed by atoms with Gasteiger partial charge in [-0.25, -0.2) is 9.99 Å². The summed E-state index contributed by atoms with van der Waals surface area (Å²) < 4.78 is 54.6. The van der Waals surface area contributed by atoms with Gasteiger partial charge in [0.2, 0.25) is 0 Å². The smallest absolute Gasteiger partial charge is 0.438 e. The van der Waals surface area contributed by atoms with Crippen molar-refractivity contribution in [2.24, 2.45) is 10.8 Å². The molecule has 4 aromatic rings.